The number of hydrogen-bond acceptors (Lipinski definition) is 3. The normalized spacial score (nSPS) is 23.2. The molecule has 0 spiro atoms. The van der Waals surface area contributed by atoms with Gasteiger partial charge in [-0.05, 0) is 26.8 Å². The molecule has 0 bridgehead atoms. The van der Waals surface area contributed by atoms with Crippen molar-refractivity contribution in [2.75, 3.05) is 26.8 Å². The van der Waals surface area contributed by atoms with E-state index >= 15 is 0 Å². The fourth-order valence-corrected chi connectivity index (χ4v) is 1.92. The van der Waals surface area contributed by atoms with Crippen molar-refractivity contribution in [2.45, 2.75) is 45.7 Å². The molecule has 1 heterocycles. The Hall–Kier alpha value is -0.610. The van der Waals surface area contributed by atoms with Gasteiger partial charge in [0.2, 0.25) is 5.91 Å². The molecule has 1 amide bonds. The molecule has 1 saturated heterocycles. The lowest BCUT2D eigenvalue weighted by atomic mass is 10.2. The van der Waals surface area contributed by atoms with Crippen molar-refractivity contribution in [3.8, 4) is 0 Å². The summed E-state index contributed by atoms with van der Waals surface area (Å²) in [4.78, 5) is 16.1. The first-order valence-electron chi connectivity index (χ1n) is 6.32. The quantitative estimate of drug-likeness (QED) is 0.732. The minimum atomic E-state index is 0.0499. The van der Waals surface area contributed by atoms with E-state index in [9.17, 15) is 4.79 Å². The van der Waals surface area contributed by atoms with Gasteiger partial charge in [0.05, 0.1) is 12.7 Å². The number of nitrogens with one attached hydrogen (secondary N) is 1. The van der Waals surface area contributed by atoms with Crippen molar-refractivity contribution in [3.05, 3.63) is 0 Å². The lowest BCUT2D eigenvalue weighted by Crippen LogP contribution is -2.39. The minimum Gasteiger partial charge on any atom is -0.327 e. The SMILES string of the molecule is CCC1NCN(CCN(C)C(C)CC)C1=O. The predicted molar refractivity (Wildman–Crippen MR) is 66.2 cm³/mol. The van der Waals surface area contributed by atoms with E-state index in [2.05, 4.69) is 31.1 Å². The smallest absolute Gasteiger partial charge is 0.240 e. The molecule has 1 aliphatic heterocycles. The Morgan fingerprint density at radius 2 is 2.25 bits per heavy atom. The molecule has 1 rings (SSSR count). The third-order valence-electron chi connectivity index (χ3n) is 3.61. The van der Waals surface area contributed by atoms with Gasteiger partial charge < -0.3 is 9.80 Å². The van der Waals surface area contributed by atoms with Crippen molar-refractivity contribution in [1.82, 2.24) is 15.1 Å². The summed E-state index contributed by atoms with van der Waals surface area (Å²) in [6, 6.07) is 0.640. The summed E-state index contributed by atoms with van der Waals surface area (Å²) in [5.41, 5.74) is 0. The van der Waals surface area contributed by atoms with Crippen molar-refractivity contribution >= 4 is 5.91 Å². The molecule has 0 radical (unpaired) electrons. The van der Waals surface area contributed by atoms with Gasteiger partial charge in [0, 0.05) is 19.1 Å². The van der Waals surface area contributed by atoms with E-state index in [1.807, 2.05) is 11.8 Å². The third-order valence-corrected chi connectivity index (χ3v) is 3.61. The molecule has 1 fully saturated rings. The predicted octanol–water partition coefficient (Wildman–Crippen LogP) is 0.885. The van der Waals surface area contributed by atoms with E-state index in [1.54, 1.807) is 0 Å². The number of likely N-dealkylation sites (N-methyl/N-ethyl adjacent to an activating group) is 1. The van der Waals surface area contributed by atoms with Gasteiger partial charge in [-0.3, -0.25) is 10.1 Å². The number of nitrogens with zero attached hydrogens (tertiary/aromatic N) is 2. The first-order valence-corrected chi connectivity index (χ1v) is 6.32. The van der Waals surface area contributed by atoms with Gasteiger partial charge >= 0.3 is 0 Å². The van der Waals surface area contributed by atoms with Crippen LogP contribution in [-0.2, 0) is 4.79 Å². The van der Waals surface area contributed by atoms with E-state index < -0.39 is 0 Å². The Morgan fingerprint density at radius 1 is 1.56 bits per heavy atom. The van der Waals surface area contributed by atoms with Gasteiger partial charge in [-0.2, -0.15) is 0 Å². The highest BCUT2D eigenvalue weighted by Gasteiger charge is 2.29. The molecule has 4 nitrogen and oxygen atoms in total. The van der Waals surface area contributed by atoms with Crippen LogP contribution in [0.15, 0.2) is 0 Å². The van der Waals surface area contributed by atoms with Crippen molar-refractivity contribution < 1.29 is 4.79 Å². The zero-order chi connectivity index (χ0) is 12.1. The summed E-state index contributed by atoms with van der Waals surface area (Å²) < 4.78 is 0. The van der Waals surface area contributed by atoms with Crippen LogP contribution in [0.5, 0.6) is 0 Å². The second kappa shape index (κ2) is 6.21. The Balaban J connectivity index is 2.31. The molecule has 0 saturated carbocycles. The molecule has 94 valence electrons. The maximum Gasteiger partial charge on any atom is 0.240 e. The molecular weight excluding hydrogens is 202 g/mol. The summed E-state index contributed by atoms with van der Waals surface area (Å²) in [6.07, 6.45) is 2.04. The number of hydrogen-bond donors (Lipinski definition) is 1. The first kappa shape index (κ1) is 13.5. The summed E-state index contributed by atoms with van der Waals surface area (Å²) in [5.74, 6) is 0.264. The molecule has 0 aromatic rings. The molecule has 0 aromatic carbocycles. The van der Waals surface area contributed by atoms with Crippen LogP contribution < -0.4 is 5.32 Å². The molecule has 1 aliphatic rings. The maximum absolute atomic E-state index is 11.8. The van der Waals surface area contributed by atoms with Gasteiger partial charge in [-0.15, -0.1) is 0 Å². The minimum absolute atomic E-state index is 0.0499. The third kappa shape index (κ3) is 3.19. The Bertz CT molecular complexity index is 232. The summed E-state index contributed by atoms with van der Waals surface area (Å²) in [5, 5.41) is 3.23. The van der Waals surface area contributed by atoms with E-state index in [0.29, 0.717) is 12.7 Å². The largest absolute Gasteiger partial charge is 0.327 e. The summed E-state index contributed by atoms with van der Waals surface area (Å²) >= 11 is 0. The van der Waals surface area contributed by atoms with Gasteiger partial charge in [0.15, 0.2) is 0 Å². The van der Waals surface area contributed by atoms with Crippen LogP contribution in [0.4, 0.5) is 0 Å². The monoisotopic (exact) mass is 227 g/mol. The average Bonchev–Trinajstić information content (AvgIpc) is 2.65. The number of carbonyl (C=O) groups excluding carboxylic acids is 1. The van der Waals surface area contributed by atoms with E-state index in [1.165, 1.54) is 0 Å². The first-order chi connectivity index (χ1) is 7.60. The molecule has 0 aliphatic carbocycles. The topological polar surface area (TPSA) is 35.6 Å². The van der Waals surface area contributed by atoms with Gasteiger partial charge in [0.1, 0.15) is 0 Å². The van der Waals surface area contributed by atoms with Crippen LogP contribution in [-0.4, -0.2) is 54.6 Å². The van der Waals surface area contributed by atoms with Crippen LogP contribution >= 0.6 is 0 Å². The lowest BCUT2D eigenvalue weighted by Gasteiger charge is -2.26. The van der Waals surface area contributed by atoms with Crippen LogP contribution in [0.3, 0.4) is 0 Å². The van der Waals surface area contributed by atoms with Gasteiger partial charge in [-0.1, -0.05) is 13.8 Å². The molecule has 1 N–H and O–H groups in total. The Labute approximate surface area is 99.0 Å². The van der Waals surface area contributed by atoms with Crippen molar-refractivity contribution in [1.29, 1.82) is 0 Å². The fourth-order valence-electron chi connectivity index (χ4n) is 1.92. The second-order valence-electron chi connectivity index (χ2n) is 4.66. The highest BCUT2D eigenvalue weighted by molar-refractivity contribution is 5.83. The maximum atomic E-state index is 11.8. The second-order valence-corrected chi connectivity index (χ2v) is 4.66. The highest BCUT2D eigenvalue weighted by Crippen LogP contribution is 2.07. The summed E-state index contributed by atoms with van der Waals surface area (Å²) in [6.45, 7) is 8.97. The van der Waals surface area contributed by atoms with Crippen molar-refractivity contribution in [3.63, 3.8) is 0 Å². The van der Waals surface area contributed by atoms with Crippen LogP contribution in [0, 0.1) is 0 Å². The zero-order valence-corrected chi connectivity index (χ0v) is 11.0. The van der Waals surface area contributed by atoms with Gasteiger partial charge in [0.25, 0.3) is 0 Å². The van der Waals surface area contributed by atoms with Crippen molar-refractivity contribution in [2.24, 2.45) is 0 Å². The van der Waals surface area contributed by atoms with Crippen LogP contribution in [0.1, 0.15) is 33.6 Å². The molecular formula is C12H25N3O. The van der Waals surface area contributed by atoms with E-state index in [0.717, 1.165) is 25.9 Å². The molecule has 16 heavy (non-hydrogen) atoms. The molecule has 2 unspecified atom stereocenters. The average molecular weight is 227 g/mol. The number of rotatable bonds is 6. The number of amides is 1. The number of carbonyl (C=O) groups is 1. The van der Waals surface area contributed by atoms with Crippen LogP contribution in [0.25, 0.3) is 0 Å². The highest BCUT2D eigenvalue weighted by atomic mass is 16.2. The van der Waals surface area contributed by atoms with E-state index in [4.69, 9.17) is 0 Å². The Morgan fingerprint density at radius 3 is 2.75 bits per heavy atom. The summed E-state index contributed by atoms with van der Waals surface area (Å²) in [7, 11) is 2.12. The van der Waals surface area contributed by atoms with E-state index in [-0.39, 0.29) is 11.9 Å². The van der Waals surface area contributed by atoms with Gasteiger partial charge in [-0.25, -0.2) is 0 Å². The molecule has 4 heteroatoms. The molecule has 0 aromatic heterocycles. The fraction of sp³-hybridized carbons (Fsp3) is 0.917. The standard InChI is InChI=1S/C12H25N3O/c1-5-10(3)14(4)7-8-15-9-13-11(6-2)12(15)16/h10-11,13H,5-9H2,1-4H3. The molecule has 2 atom stereocenters. The zero-order valence-electron chi connectivity index (χ0n) is 11.0. The van der Waals surface area contributed by atoms with Crippen LogP contribution in [0.2, 0.25) is 0 Å². The Kier molecular flexibility index (Phi) is 5.22. The lowest BCUT2D eigenvalue weighted by molar-refractivity contribution is -0.129.